The van der Waals surface area contributed by atoms with Gasteiger partial charge in [0.15, 0.2) is 0 Å². The lowest BCUT2D eigenvalue weighted by Gasteiger charge is -2.11. The summed E-state index contributed by atoms with van der Waals surface area (Å²) in [5.74, 6) is -0.390. The predicted molar refractivity (Wildman–Crippen MR) is 80.4 cm³/mol. The zero-order valence-electron chi connectivity index (χ0n) is 11.6. The van der Waals surface area contributed by atoms with E-state index in [1.165, 1.54) is 4.68 Å². The van der Waals surface area contributed by atoms with Crippen molar-refractivity contribution < 1.29 is 9.53 Å². The lowest BCUT2D eigenvalue weighted by Crippen LogP contribution is -2.30. The number of aromatic nitrogens is 2. The fourth-order valence-corrected chi connectivity index (χ4v) is 2.09. The second-order valence-electron chi connectivity index (χ2n) is 4.42. The van der Waals surface area contributed by atoms with Crippen LogP contribution in [0.3, 0.4) is 0 Å². The number of hydrogen-bond acceptors (Lipinski definition) is 4. The van der Waals surface area contributed by atoms with E-state index >= 15 is 0 Å². The lowest BCUT2D eigenvalue weighted by atomic mass is 10.1. The fourth-order valence-electron chi connectivity index (χ4n) is 1.99. The summed E-state index contributed by atoms with van der Waals surface area (Å²) in [6, 6.07) is 7.18. The third-order valence-electron chi connectivity index (χ3n) is 3.03. The molecule has 1 aromatic carbocycles. The van der Waals surface area contributed by atoms with Gasteiger partial charge in [0.25, 0.3) is 5.56 Å². The molecular weight excluding hydrogens is 294 g/mol. The van der Waals surface area contributed by atoms with Crippen molar-refractivity contribution in [3.63, 3.8) is 0 Å². The van der Waals surface area contributed by atoms with Gasteiger partial charge in [0, 0.05) is 12.5 Å². The van der Waals surface area contributed by atoms with Crippen molar-refractivity contribution in [3.8, 4) is 0 Å². The fraction of sp³-hybridized carbons (Fsp3) is 0.357. The van der Waals surface area contributed by atoms with Gasteiger partial charge in [-0.25, -0.2) is 4.68 Å². The van der Waals surface area contributed by atoms with E-state index in [1.54, 1.807) is 19.2 Å². The van der Waals surface area contributed by atoms with Crippen LogP contribution in [-0.2, 0) is 22.6 Å². The lowest BCUT2D eigenvalue weighted by molar-refractivity contribution is -0.118. The summed E-state index contributed by atoms with van der Waals surface area (Å²) in [6.07, 6.45) is 0. The van der Waals surface area contributed by atoms with Gasteiger partial charge in [-0.2, -0.15) is 5.10 Å². The molecule has 7 heteroatoms. The number of hydrogen-bond donors (Lipinski definition) is 1. The molecule has 0 spiro atoms. The molecule has 112 valence electrons. The van der Waals surface area contributed by atoms with Crippen molar-refractivity contribution in [3.05, 3.63) is 40.3 Å². The van der Waals surface area contributed by atoms with Crippen LogP contribution in [-0.4, -0.2) is 35.3 Å². The molecule has 0 bridgehead atoms. The van der Waals surface area contributed by atoms with Gasteiger partial charge in [-0.05, 0) is 6.07 Å². The number of methoxy groups -OCH3 is 1. The Morgan fingerprint density at radius 2 is 2.10 bits per heavy atom. The zero-order valence-corrected chi connectivity index (χ0v) is 12.4. The number of carbonyl (C=O) groups is 1. The van der Waals surface area contributed by atoms with Gasteiger partial charge < -0.3 is 10.1 Å². The van der Waals surface area contributed by atoms with Crippen molar-refractivity contribution in [1.82, 2.24) is 15.1 Å². The molecule has 2 rings (SSSR count). The number of nitrogens with zero attached hydrogens (tertiary/aromatic N) is 2. The molecule has 0 saturated carbocycles. The Morgan fingerprint density at radius 1 is 1.38 bits per heavy atom. The Bertz CT molecular complexity index is 699. The van der Waals surface area contributed by atoms with Gasteiger partial charge in [-0.3, -0.25) is 9.59 Å². The highest BCUT2D eigenvalue weighted by Gasteiger charge is 2.10. The normalized spacial score (nSPS) is 10.8. The molecule has 1 N–H and O–H groups in total. The number of halogens is 1. The minimum Gasteiger partial charge on any atom is -0.383 e. The van der Waals surface area contributed by atoms with E-state index in [2.05, 4.69) is 10.4 Å². The number of alkyl halides is 1. The Morgan fingerprint density at radius 3 is 2.76 bits per heavy atom. The maximum atomic E-state index is 12.3. The highest BCUT2D eigenvalue weighted by molar-refractivity contribution is 6.27. The van der Waals surface area contributed by atoms with Crippen molar-refractivity contribution in [2.45, 2.75) is 13.1 Å². The van der Waals surface area contributed by atoms with E-state index < -0.39 is 0 Å². The van der Waals surface area contributed by atoms with Crippen molar-refractivity contribution in [2.24, 2.45) is 0 Å². The van der Waals surface area contributed by atoms with Crippen LogP contribution in [0.15, 0.2) is 29.1 Å². The van der Waals surface area contributed by atoms with E-state index in [-0.39, 0.29) is 23.9 Å². The monoisotopic (exact) mass is 309 g/mol. The standard InChI is InChI=1S/C14H16ClN3O3/c1-21-7-6-18-14(20)11-5-3-2-4-10(11)12(17-18)9-16-13(19)8-15/h2-5H,6-9H2,1H3,(H,16,19). The molecule has 6 nitrogen and oxygen atoms in total. The smallest absolute Gasteiger partial charge is 0.274 e. The van der Waals surface area contributed by atoms with Gasteiger partial charge in [0.2, 0.25) is 5.91 Å². The molecule has 0 unspecified atom stereocenters. The summed E-state index contributed by atoms with van der Waals surface area (Å²) in [7, 11) is 1.56. The van der Waals surface area contributed by atoms with Gasteiger partial charge in [0.1, 0.15) is 5.88 Å². The first-order chi connectivity index (χ1) is 10.2. The molecule has 21 heavy (non-hydrogen) atoms. The SMILES string of the molecule is COCCn1nc(CNC(=O)CCl)c2ccccc2c1=O. The average molecular weight is 310 g/mol. The van der Waals surface area contributed by atoms with Crippen LogP contribution in [0.4, 0.5) is 0 Å². The second kappa shape index (κ2) is 7.19. The first-order valence-electron chi connectivity index (χ1n) is 6.47. The summed E-state index contributed by atoms with van der Waals surface area (Å²) < 4.78 is 6.34. The molecule has 0 saturated heterocycles. The molecular formula is C14H16ClN3O3. The number of rotatable bonds is 6. The summed E-state index contributed by atoms with van der Waals surface area (Å²) in [6.45, 7) is 0.967. The van der Waals surface area contributed by atoms with Crippen LogP contribution in [0.1, 0.15) is 5.69 Å². The molecule has 0 fully saturated rings. The summed E-state index contributed by atoms with van der Waals surface area (Å²) >= 11 is 5.46. The van der Waals surface area contributed by atoms with Crippen LogP contribution in [0.5, 0.6) is 0 Å². The van der Waals surface area contributed by atoms with E-state index in [9.17, 15) is 9.59 Å². The molecule has 0 aliphatic heterocycles. The molecule has 2 aromatic rings. The van der Waals surface area contributed by atoms with Crippen molar-refractivity contribution in [1.29, 1.82) is 0 Å². The number of ether oxygens (including phenoxy) is 1. The van der Waals surface area contributed by atoms with Crippen LogP contribution in [0.25, 0.3) is 10.8 Å². The highest BCUT2D eigenvalue weighted by atomic mass is 35.5. The van der Waals surface area contributed by atoms with E-state index in [1.807, 2.05) is 12.1 Å². The number of carbonyl (C=O) groups excluding carboxylic acids is 1. The summed E-state index contributed by atoms with van der Waals surface area (Å²) in [4.78, 5) is 23.6. The maximum absolute atomic E-state index is 12.3. The number of benzene rings is 1. The minimum atomic E-state index is -0.280. The Labute approximate surface area is 126 Å². The molecule has 0 atom stereocenters. The zero-order chi connectivity index (χ0) is 15.2. The van der Waals surface area contributed by atoms with Crippen molar-refractivity contribution in [2.75, 3.05) is 19.6 Å². The van der Waals surface area contributed by atoms with Crippen LogP contribution in [0, 0.1) is 0 Å². The Hall–Kier alpha value is -1.92. The van der Waals surface area contributed by atoms with Gasteiger partial charge >= 0.3 is 0 Å². The average Bonchev–Trinajstić information content (AvgIpc) is 2.53. The first-order valence-corrected chi connectivity index (χ1v) is 7.01. The highest BCUT2D eigenvalue weighted by Crippen LogP contribution is 2.13. The molecule has 0 radical (unpaired) electrons. The second-order valence-corrected chi connectivity index (χ2v) is 4.69. The number of nitrogens with one attached hydrogen (secondary N) is 1. The van der Waals surface area contributed by atoms with Crippen LogP contribution in [0.2, 0.25) is 0 Å². The van der Waals surface area contributed by atoms with E-state index in [4.69, 9.17) is 16.3 Å². The molecule has 0 aliphatic carbocycles. The van der Waals surface area contributed by atoms with Gasteiger partial charge in [-0.1, -0.05) is 18.2 Å². The van der Waals surface area contributed by atoms with Crippen LogP contribution >= 0.6 is 11.6 Å². The molecule has 1 heterocycles. The Kier molecular flexibility index (Phi) is 5.30. The van der Waals surface area contributed by atoms with E-state index in [0.717, 1.165) is 5.39 Å². The summed E-state index contributed by atoms with van der Waals surface area (Å²) in [5, 5.41) is 8.27. The first kappa shape index (κ1) is 15.5. The van der Waals surface area contributed by atoms with Gasteiger partial charge in [0.05, 0.1) is 30.8 Å². The molecule has 1 amide bonds. The van der Waals surface area contributed by atoms with Gasteiger partial charge in [-0.15, -0.1) is 11.6 Å². The van der Waals surface area contributed by atoms with Crippen LogP contribution < -0.4 is 10.9 Å². The third kappa shape index (κ3) is 3.59. The topological polar surface area (TPSA) is 73.2 Å². The predicted octanol–water partition coefficient (Wildman–Crippen LogP) is 0.898. The molecule has 1 aromatic heterocycles. The number of fused-ring (bicyclic) bond motifs is 1. The minimum absolute atomic E-state index is 0.110. The largest absolute Gasteiger partial charge is 0.383 e. The van der Waals surface area contributed by atoms with Crippen molar-refractivity contribution >= 4 is 28.3 Å². The quantitative estimate of drug-likeness (QED) is 0.805. The number of amides is 1. The summed E-state index contributed by atoms with van der Waals surface area (Å²) in [5.41, 5.74) is 0.454. The Balaban J connectivity index is 2.44. The third-order valence-corrected chi connectivity index (χ3v) is 3.27. The van der Waals surface area contributed by atoms with E-state index in [0.29, 0.717) is 24.2 Å². The molecule has 0 aliphatic rings. The maximum Gasteiger partial charge on any atom is 0.274 e.